The van der Waals surface area contributed by atoms with Gasteiger partial charge in [-0.2, -0.15) is 0 Å². The number of rotatable bonds is 8. The predicted molar refractivity (Wildman–Crippen MR) is 91.0 cm³/mol. The summed E-state index contributed by atoms with van der Waals surface area (Å²) in [5.41, 5.74) is 2.29. The van der Waals surface area contributed by atoms with E-state index in [-0.39, 0.29) is 5.91 Å². The van der Waals surface area contributed by atoms with Gasteiger partial charge in [0, 0.05) is 13.0 Å². The Morgan fingerprint density at radius 2 is 1.65 bits per heavy atom. The SMILES string of the molecule is COc1ccc(CCC(=O)NCCc2ccccc2)cc1OC. The topological polar surface area (TPSA) is 47.6 Å². The lowest BCUT2D eigenvalue weighted by molar-refractivity contribution is -0.121. The summed E-state index contributed by atoms with van der Waals surface area (Å²) in [4.78, 5) is 11.9. The number of carbonyl (C=O) groups is 1. The van der Waals surface area contributed by atoms with Crippen LogP contribution in [0.3, 0.4) is 0 Å². The fourth-order valence-corrected chi connectivity index (χ4v) is 2.37. The van der Waals surface area contributed by atoms with Crippen LogP contribution in [0.2, 0.25) is 0 Å². The van der Waals surface area contributed by atoms with Gasteiger partial charge >= 0.3 is 0 Å². The van der Waals surface area contributed by atoms with E-state index >= 15 is 0 Å². The molecule has 1 amide bonds. The maximum absolute atomic E-state index is 11.9. The Balaban J connectivity index is 1.76. The van der Waals surface area contributed by atoms with Crippen LogP contribution in [0.25, 0.3) is 0 Å². The molecule has 0 unspecified atom stereocenters. The van der Waals surface area contributed by atoms with Crippen molar-refractivity contribution in [3.8, 4) is 11.5 Å². The third-order valence-electron chi connectivity index (χ3n) is 3.67. The van der Waals surface area contributed by atoms with Crippen LogP contribution in [0.1, 0.15) is 17.5 Å². The second-order valence-electron chi connectivity index (χ2n) is 5.27. The van der Waals surface area contributed by atoms with Crippen molar-refractivity contribution in [1.82, 2.24) is 5.32 Å². The van der Waals surface area contributed by atoms with Crippen LogP contribution in [-0.2, 0) is 17.6 Å². The van der Waals surface area contributed by atoms with E-state index in [1.54, 1.807) is 14.2 Å². The van der Waals surface area contributed by atoms with Crippen LogP contribution in [0, 0.1) is 0 Å². The Labute approximate surface area is 137 Å². The first-order valence-corrected chi connectivity index (χ1v) is 7.74. The number of hydrogen-bond acceptors (Lipinski definition) is 3. The number of methoxy groups -OCH3 is 2. The average molecular weight is 313 g/mol. The van der Waals surface area contributed by atoms with Gasteiger partial charge in [0.15, 0.2) is 11.5 Å². The normalized spacial score (nSPS) is 10.2. The zero-order chi connectivity index (χ0) is 16.5. The quantitative estimate of drug-likeness (QED) is 0.815. The van der Waals surface area contributed by atoms with Gasteiger partial charge in [-0.1, -0.05) is 36.4 Å². The highest BCUT2D eigenvalue weighted by molar-refractivity contribution is 5.76. The van der Waals surface area contributed by atoms with E-state index in [0.717, 1.165) is 12.0 Å². The van der Waals surface area contributed by atoms with Gasteiger partial charge in [0.2, 0.25) is 5.91 Å². The molecule has 1 N–H and O–H groups in total. The summed E-state index contributed by atoms with van der Waals surface area (Å²) in [6.45, 7) is 0.661. The molecule has 0 bridgehead atoms. The summed E-state index contributed by atoms with van der Waals surface area (Å²) < 4.78 is 10.5. The molecule has 0 radical (unpaired) electrons. The molecule has 0 saturated carbocycles. The Morgan fingerprint density at radius 3 is 2.35 bits per heavy atom. The molecule has 2 aromatic carbocycles. The minimum Gasteiger partial charge on any atom is -0.493 e. The molecule has 2 rings (SSSR count). The Bertz CT molecular complexity index is 626. The Morgan fingerprint density at radius 1 is 0.913 bits per heavy atom. The van der Waals surface area contributed by atoms with E-state index < -0.39 is 0 Å². The Kier molecular flexibility index (Phi) is 6.48. The number of nitrogens with one attached hydrogen (secondary N) is 1. The van der Waals surface area contributed by atoms with Crippen molar-refractivity contribution >= 4 is 5.91 Å². The van der Waals surface area contributed by atoms with Crippen LogP contribution < -0.4 is 14.8 Å². The molecule has 4 nitrogen and oxygen atoms in total. The molecule has 0 atom stereocenters. The fraction of sp³-hybridized carbons (Fsp3) is 0.316. The van der Waals surface area contributed by atoms with Crippen molar-refractivity contribution < 1.29 is 14.3 Å². The van der Waals surface area contributed by atoms with Gasteiger partial charge in [-0.25, -0.2) is 0 Å². The first-order valence-electron chi connectivity index (χ1n) is 7.74. The number of hydrogen-bond donors (Lipinski definition) is 1. The maximum atomic E-state index is 11.9. The standard InChI is InChI=1S/C19H23NO3/c1-22-17-10-8-16(14-18(17)23-2)9-11-19(21)20-13-12-15-6-4-3-5-7-15/h3-8,10,14H,9,11-13H2,1-2H3,(H,20,21). The molecule has 2 aromatic rings. The molecule has 0 spiro atoms. The van der Waals surface area contributed by atoms with Crippen molar-refractivity contribution in [2.45, 2.75) is 19.3 Å². The van der Waals surface area contributed by atoms with Gasteiger partial charge in [-0.3, -0.25) is 4.79 Å². The minimum absolute atomic E-state index is 0.0655. The van der Waals surface area contributed by atoms with E-state index in [1.807, 2.05) is 36.4 Å². The van der Waals surface area contributed by atoms with Crippen molar-refractivity contribution in [2.75, 3.05) is 20.8 Å². The molecule has 0 aliphatic rings. The third kappa shape index (κ3) is 5.33. The molecule has 0 aliphatic heterocycles. The number of carbonyl (C=O) groups excluding carboxylic acids is 1. The van der Waals surface area contributed by atoms with Gasteiger partial charge < -0.3 is 14.8 Å². The summed E-state index contributed by atoms with van der Waals surface area (Å²) in [5, 5.41) is 2.96. The van der Waals surface area contributed by atoms with Gasteiger partial charge in [0.25, 0.3) is 0 Å². The van der Waals surface area contributed by atoms with Crippen LogP contribution in [0.5, 0.6) is 11.5 Å². The smallest absolute Gasteiger partial charge is 0.220 e. The molecule has 122 valence electrons. The highest BCUT2D eigenvalue weighted by Gasteiger charge is 2.07. The summed E-state index contributed by atoms with van der Waals surface area (Å²) in [5.74, 6) is 1.45. The zero-order valence-corrected chi connectivity index (χ0v) is 13.7. The van der Waals surface area contributed by atoms with Crippen LogP contribution >= 0.6 is 0 Å². The highest BCUT2D eigenvalue weighted by Crippen LogP contribution is 2.27. The first-order chi connectivity index (χ1) is 11.2. The van der Waals surface area contributed by atoms with E-state index in [9.17, 15) is 4.79 Å². The maximum Gasteiger partial charge on any atom is 0.220 e. The van der Waals surface area contributed by atoms with Crippen molar-refractivity contribution in [2.24, 2.45) is 0 Å². The zero-order valence-electron chi connectivity index (χ0n) is 13.7. The van der Waals surface area contributed by atoms with E-state index in [4.69, 9.17) is 9.47 Å². The van der Waals surface area contributed by atoms with Gasteiger partial charge in [-0.15, -0.1) is 0 Å². The summed E-state index contributed by atoms with van der Waals surface area (Å²) >= 11 is 0. The van der Waals surface area contributed by atoms with Gasteiger partial charge in [0.05, 0.1) is 14.2 Å². The number of benzene rings is 2. The second-order valence-corrected chi connectivity index (χ2v) is 5.27. The van der Waals surface area contributed by atoms with E-state index in [1.165, 1.54) is 5.56 Å². The first kappa shape index (κ1) is 16.9. The fourth-order valence-electron chi connectivity index (χ4n) is 2.37. The van der Waals surface area contributed by atoms with Crippen molar-refractivity contribution in [1.29, 1.82) is 0 Å². The third-order valence-corrected chi connectivity index (χ3v) is 3.67. The summed E-state index contributed by atoms with van der Waals surface area (Å²) in [6, 6.07) is 15.9. The number of amides is 1. The van der Waals surface area contributed by atoms with Crippen LogP contribution in [0.4, 0.5) is 0 Å². The molecular formula is C19H23NO3. The lowest BCUT2D eigenvalue weighted by Crippen LogP contribution is -2.25. The largest absolute Gasteiger partial charge is 0.493 e. The lowest BCUT2D eigenvalue weighted by atomic mass is 10.1. The summed E-state index contributed by atoms with van der Waals surface area (Å²) in [6.07, 6.45) is 1.99. The van der Waals surface area contributed by atoms with Crippen molar-refractivity contribution in [3.63, 3.8) is 0 Å². The molecule has 4 heteroatoms. The monoisotopic (exact) mass is 313 g/mol. The lowest BCUT2D eigenvalue weighted by Gasteiger charge is -2.10. The van der Waals surface area contributed by atoms with Gasteiger partial charge in [-0.05, 0) is 36.1 Å². The summed E-state index contributed by atoms with van der Waals surface area (Å²) in [7, 11) is 3.22. The molecule has 0 aromatic heterocycles. The molecule has 0 aliphatic carbocycles. The van der Waals surface area contributed by atoms with E-state index in [0.29, 0.717) is 30.9 Å². The molecular weight excluding hydrogens is 290 g/mol. The Hall–Kier alpha value is -2.49. The number of ether oxygens (including phenoxy) is 2. The predicted octanol–water partition coefficient (Wildman–Crippen LogP) is 3.00. The van der Waals surface area contributed by atoms with Gasteiger partial charge in [0.1, 0.15) is 0 Å². The number of aryl methyl sites for hydroxylation is 1. The molecule has 23 heavy (non-hydrogen) atoms. The molecule has 0 fully saturated rings. The second kappa shape index (κ2) is 8.83. The van der Waals surface area contributed by atoms with Crippen LogP contribution in [0.15, 0.2) is 48.5 Å². The average Bonchev–Trinajstić information content (AvgIpc) is 2.60. The van der Waals surface area contributed by atoms with E-state index in [2.05, 4.69) is 17.4 Å². The van der Waals surface area contributed by atoms with Crippen LogP contribution in [-0.4, -0.2) is 26.7 Å². The molecule has 0 heterocycles. The van der Waals surface area contributed by atoms with Crippen molar-refractivity contribution in [3.05, 3.63) is 59.7 Å². The highest BCUT2D eigenvalue weighted by atomic mass is 16.5. The minimum atomic E-state index is 0.0655. The molecule has 0 saturated heterocycles.